The molecule has 1 aromatic rings. The molecule has 0 aromatic heterocycles. The number of benzene rings is 1. The topological polar surface area (TPSA) is 40.5 Å². The van der Waals surface area contributed by atoms with Crippen molar-refractivity contribution < 1.29 is 9.90 Å². The molecule has 1 aromatic carbocycles. The highest BCUT2D eigenvalue weighted by molar-refractivity contribution is 6.30. The molecule has 2 unspecified atom stereocenters. The Labute approximate surface area is 119 Å². The number of carbonyl (C=O) groups is 1. The maximum absolute atomic E-state index is 11.3. The number of nitrogens with zero attached hydrogens (tertiary/aromatic N) is 1. The van der Waals surface area contributed by atoms with Crippen molar-refractivity contribution in [3.63, 3.8) is 0 Å². The van der Waals surface area contributed by atoms with Crippen molar-refractivity contribution in [2.45, 2.75) is 38.1 Å². The molecule has 3 nitrogen and oxygen atoms in total. The average molecular weight is 282 g/mol. The smallest absolute Gasteiger partial charge is 0.320 e. The minimum Gasteiger partial charge on any atom is -0.480 e. The van der Waals surface area contributed by atoms with Crippen molar-refractivity contribution >= 4 is 17.6 Å². The molecule has 0 aliphatic carbocycles. The molecule has 4 heteroatoms. The van der Waals surface area contributed by atoms with Gasteiger partial charge in [0.1, 0.15) is 6.04 Å². The van der Waals surface area contributed by atoms with Crippen LogP contribution in [0.3, 0.4) is 0 Å². The number of carboxylic acids is 1. The van der Waals surface area contributed by atoms with Gasteiger partial charge in [0.15, 0.2) is 0 Å². The molecule has 0 spiro atoms. The zero-order valence-electron chi connectivity index (χ0n) is 11.2. The van der Waals surface area contributed by atoms with Crippen LogP contribution in [0, 0.1) is 0 Å². The largest absolute Gasteiger partial charge is 0.480 e. The molecule has 1 heterocycles. The van der Waals surface area contributed by atoms with Crippen LogP contribution in [0.5, 0.6) is 0 Å². The predicted molar refractivity (Wildman–Crippen MR) is 76.7 cm³/mol. The van der Waals surface area contributed by atoms with Crippen LogP contribution < -0.4 is 0 Å². The molecule has 1 N–H and O–H groups in total. The molecule has 1 fully saturated rings. The first-order valence-electron chi connectivity index (χ1n) is 6.80. The average Bonchev–Trinajstić information content (AvgIpc) is 2.39. The van der Waals surface area contributed by atoms with Crippen LogP contribution in [0.25, 0.3) is 0 Å². The van der Waals surface area contributed by atoms with Crippen LogP contribution in [0.1, 0.15) is 37.7 Å². The fourth-order valence-corrected chi connectivity index (χ4v) is 2.96. The standard InChI is InChI=1S/C15H20ClNO2/c1-11(12-5-4-6-13(16)9-12)10-17-8-3-2-7-14(17)15(18)19/h4-6,9,11,14H,2-3,7-8,10H2,1H3,(H,18,19). The van der Waals surface area contributed by atoms with Gasteiger partial charge in [-0.15, -0.1) is 0 Å². The first-order valence-corrected chi connectivity index (χ1v) is 7.18. The number of carboxylic acid groups (broad SMARTS) is 1. The first kappa shape index (κ1) is 14.4. The zero-order chi connectivity index (χ0) is 13.8. The lowest BCUT2D eigenvalue weighted by Gasteiger charge is -2.34. The fraction of sp³-hybridized carbons (Fsp3) is 0.533. The van der Waals surface area contributed by atoms with Crippen LogP contribution in [-0.2, 0) is 4.79 Å². The molecule has 1 saturated heterocycles. The summed E-state index contributed by atoms with van der Waals surface area (Å²) in [6.45, 7) is 3.78. The van der Waals surface area contributed by atoms with Crippen LogP contribution in [0.15, 0.2) is 24.3 Å². The number of hydrogen-bond acceptors (Lipinski definition) is 2. The number of piperidine rings is 1. The van der Waals surface area contributed by atoms with E-state index < -0.39 is 5.97 Å². The van der Waals surface area contributed by atoms with Crippen LogP contribution >= 0.6 is 11.6 Å². The van der Waals surface area contributed by atoms with Gasteiger partial charge in [-0.2, -0.15) is 0 Å². The molecule has 0 saturated carbocycles. The summed E-state index contributed by atoms with van der Waals surface area (Å²) in [5, 5.41) is 10.0. The minimum atomic E-state index is -0.696. The van der Waals surface area contributed by atoms with E-state index in [1.165, 1.54) is 5.56 Å². The van der Waals surface area contributed by atoms with E-state index >= 15 is 0 Å². The van der Waals surface area contributed by atoms with Crippen molar-refractivity contribution in [3.8, 4) is 0 Å². The van der Waals surface area contributed by atoms with Gasteiger partial charge in [-0.05, 0) is 43.0 Å². The van der Waals surface area contributed by atoms with Crippen molar-refractivity contribution in [2.75, 3.05) is 13.1 Å². The second-order valence-electron chi connectivity index (χ2n) is 5.30. The molecule has 2 atom stereocenters. The number of hydrogen-bond donors (Lipinski definition) is 1. The summed E-state index contributed by atoms with van der Waals surface area (Å²) in [7, 11) is 0. The lowest BCUT2D eigenvalue weighted by molar-refractivity contribution is -0.144. The highest BCUT2D eigenvalue weighted by Gasteiger charge is 2.29. The van der Waals surface area contributed by atoms with Gasteiger partial charge in [0.25, 0.3) is 0 Å². The van der Waals surface area contributed by atoms with E-state index in [0.717, 1.165) is 37.4 Å². The maximum Gasteiger partial charge on any atom is 0.320 e. The number of aliphatic carboxylic acids is 1. The lowest BCUT2D eigenvalue weighted by atomic mass is 9.96. The molecule has 0 bridgehead atoms. The molecule has 0 amide bonds. The fourth-order valence-electron chi connectivity index (χ4n) is 2.76. The van der Waals surface area contributed by atoms with Gasteiger partial charge in [0.05, 0.1) is 0 Å². The number of halogens is 1. The summed E-state index contributed by atoms with van der Waals surface area (Å²) >= 11 is 6.00. The van der Waals surface area contributed by atoms with E-state index in [1.807, 2.05) is 18.2 Å². The molecule has 1 aliphatic heterocycles. The number of rotatable bonds is 4. The van der Waals surface area contributed by atoms with Gasteiger partial charge < -0.3 is 5.11 Å². The van der Waals surface area contributed by atoms with Gasteiger partial charge in [-0.3, -0.25) is 9.69 Å². The van der Waals surface area contributed by atoms with Gasteiger partial charge in [0, 0.05) is 11.6 Å². The first-order chi connectivity index (χ1) is 9.08. The van der Waals surface area contributed by atoms with E-state index in [0.29, 0.717) is 5.92 Å². The zero-order valence-corrected chi connectivity index (χ0v) is 11.9. The Hall–Kier alpha value is -1.06. The highest BCUT2D eigenvalue weighted by atomic mass is 35.5. The van der Waals surface area contributed by atoms with Crippen LogP contribution in [0.2, 0.25) is 5.02 Å². The quantitative estimate of drug-likeness (QED) is 0.920. The van der Waals surface area contributed by atoms with Gasteiger partial charge in [-0.25, -0.2) is 0 Å². The van der Waals surface area contributed by atoms with E-state index in [2.05, 4.69) is 17.9 Å². The Bertz CT molecular complexity index is 450. The second kappa shape index (κ2) is 6.40. The van der Waals surface area contributed by atoms with Gasteiger partial charge in [-0.1, -0.05) is 37.1 Å². The van der Waals surface area contributed by atoms with Crippen molar-refractivity contribution in [1.29, 1.82) is 0 Å². The van der Waals surface area contributed by atoms with Crippen molar-refractivity contribution in [1.82, 2.24) is 4.90 Å². The maximum atomic E-state index is 11.3. The molecule has 0 radical (unpaired) electrons. The lowest BCUT2D eigenvalue weighted by Crippen LogP contribution is -2.46. The van der Waals surface area contributed by atoms with E-state index in [-0.39, 0.29) is 6.04 Å². The Morgan fingerprint density at radius 3 is 3.00 bits per heavy atom. The van der Waals surface area contributed by atoms with E-state index in [1.54, 1.807) is 0 Å². The molecule has 1 aliphatic rings. The van der Waals surface area contributed by atoms with E-state index in [9.17, 15) is 9.90 Å². The Balaban J connectivity index is 2.04. The van der Waals surface area contributed by atoms with Crippen molar-refractivity contribution in [2.24, 2.45) is 0 Å². The van der Waals surface area contributed by atoms with Gasteiger partial charge >= 0.3 is 5.97 Å². The molecule has 19 heavy (non-hydrogen) atoms. The third-order valence-corrected chi connectivity index (χ3v) is 4.06. The van der Waals surface area contributed by atoms with Gasteiger partial charge in [0.2, 0.25) is 0 Å². The van der Waals surface area contributed by atoms with E-state index in [4.69, 9.17) is 11.6 Å². The monoisotopic (exact) mass is 281 g/mol. The molecule has 104 valence electrons. The summed E-state index contributed by atoms with van der Waals surface area (Å²) in [5.74, 6) is -0.406. The molecular weight excluding hydrogens is 262 g/mol. The normalized spacial score (nSPS) is 22.1. The summed E-state index contributed by atoms with van der Waals surface area (Å²) in [6.07, 6.45) is 2.86. The third-order valence-electron chi connectivity index (χ3n) is 3.82. The minimum absolute atomic E-state index is 0.290. The summed E-state index contributed by atoms with van der Waals surface area (Å²) in [4.78, 5) is 13.4. The SMILES string of the molecule is CC(CN1CCCCC1C(=O)O)c1cccc(Cl)c1. The highest BCUT2D eigenvalue weighted by Crippen LogP contribution is 2.24. The van der Waals surface area contributed by atoms with Crippen LogP contribution in [-0.4, -0.2) is 35.1 Å². The predicted octanol–water partition coefficient (Wildman–Crippen LogP) is 3.38. The Morgan fingerprint density at radius 2 is 2.32 bits per heavy atom. The van der Waals surface area contributed by atoms with Crippen molar-refractivity contribution in [3.05, 3.63) is 34.9 Å². The summed E-state index contributed by atoms with van der Waals surface area (Å²) in [5.41, 5.74) is 1.17. The second-order valence-corrected chi connectivity index (χ2v) is 5.74. The summed E-state index contributed by atoms with van der Waals surface area (Å²) < 4.78 is 0. The number of likely N-dealkylation sites (tertiary alicyclic amines) is 1. The Kier molecular flexibility index (Phi) is 4.83. The Morgan fingerprint density at radius 1 is 1.53 bits per heavy atom. The van der Waals surface area contributed by atoms with Crippen LogP contribution in [0.4, 0.5) is 0 Å². The third kappa shape index (κ3) is 3.71. The molecular formula is C15H20ClNO2. The molecule has 2 rings (SSSR count). The summed E-state index contributed by atoms with van der Waals surface area (Å²) in [6, 6.07) is 7.50.